The second-order valence-corrected chi connectivity index (χ2v) is 5.03. The monoisotopic (exact) mass is 268 g/mol. The molecule has 0 aromatic heterocycles. The summed E-state index contributed by atoms with van der Waals surface area (Å²) in [6, 6.07) is 6.73. The lowest BCUT2D eigenvalue weighted by molar-refractivity contribution is 0.186. The van der Waals surface area contributed by atoms with Crippen LogP contribution in [0.25, 0.3) is 0 Å². The van der Waals surface area contributed by atoms with Gasteiger partial charge in [0.15, 0.2) is 0 Å². The predicted octanol–water partition coefficient (Wildman–Crippen LogP) is 2.30. The van der Waals surface area contributed by atoms with Gasteiger partial charge in [-0.15, -0.1) is 0 Å². The fraction of sp³-hybridized carbons (Fsp3) is 0.455. The van der Waals surface area contributed by atoms with Crippen LogP contribution in [0.4, 0.5) is 11.4 Å². The molecule has 3 nitrogen and oxygen atoms in total. The van der Waals surface area contributed by atoms with E-state index in [1.54, 1.807) is 0 Å². The first kappa shape index (κ1) is 9.48. The van der Waals surface area contributed by atoms with Gasteiger partial charge in [-0.2, -0.15) is 0 Å². The number of benzene rings is 1. The predicted molar refractivity (Wildman–Crippen MR) is 64.4 cm³/mol. The van der Waals surface area contributed by atoms with Crippen molar-refractivity contribution < 1.29 is 4.74 Å². The normalized spacial score (nSPS) is 28.3. The Morgan fingerprint density at radius 2 is 2.20 bits per heavy atom. The zero-order valence-electron chi connectivity index (χ0n) is 8.29. The van der Waals surface area contributed by atoms with E-state index >= 15 is 0 Å². The molecule has 2 aliphatic heterocycles. The molecule has 2 unspecified atom stereocenters. The number of fused-ring (bicyclic) bond motifs is 2. The van der Waals surface area contributed by atoms with Crippen LogP contribution in [-0.4, -0.2) is 25.8 Å². The Balaban J connectivity index is 1.94. The zero-order valence-corrected chi connectivity index (χ0v) is 9.88. The van der Waals surface area contributed by atoms with Crippen LogP contribution in [0.5, 0.6) is 0 Å². The third kappa shape index (κ3) is 1.72. The van der Waals surface area contributed by atoms with Crippen LogP contribution in [-0.2, 0) is 4.74 Å². The highest BCUT2D eigenvalue weighted by molar-refractivity contribution is 9.10. The summed E-state index contributed by atoms with van der Waals surface area (Å²) in [6.07, 6.45) is 0. The fourth-order valence-corrected chi connectivity index (χ4v) is 2.55. The van der Waals surface area contributed by atoms with Gasteiger partial charge in [-0.25, -0.2) is 0 Å². The van der Waals surface area contributed by atoms with Crippen LogP contribution in [0.15, 0.2) is 22.7 Å². The van der Waals surface area contributed by atoms with Gasteiger partial charge in [-0.05, 0) is 18.2 Å². The Morgan fingerprint density at radius 3 is 3.13 bits per heavy atom. The quantitative estimate of drug-likeness (QED) is 0.758. The van der Waals surface area contributed by atoms with Gasteiger partial charge in [0.1, 0.15) is 0 Å². The van der Waals surface area contributed by atoms with Crippen molar-refractivity contribution in [3.63, 3.8) is 0 Å². The Kier molecular flexibility index (Phi) is 2.33. The number of anilines is 2. The number of rotatable bonds is 0. The smallest absolute Gasteiger partial charge is 0.0672 e. The molecule has 3 rings (SSSR count). The van der Waals surface area contributed by atoms with Gasteiger partial charge in [0, 0.05) is 16.9 Å². The largest absolute Gasteiger partial charge is 0.383 e. The second-order valence-electron chi connectivity index (χ2n) is 4.12. The lowest BCUT2D eigenvalue weighted by Crippen LogP contribution is -2.29. The van der Waals surface area contributed by atoms with E-state index in [1.807, 2.05) is 0 Å². The van der Waals surface area contributed by atoms with E-state index in [9.17, 15) is 0 Å². The van der Waals surface area contributed by atoms with Gasteiger partial charge in [-0.1, -0.05) is 15.9 Å². The molecule has 80 valence electrons. The van der Waals surface area contributed by atoms with Gasteiger partial charge in [0.25, 0.3) is 0 Å². The maximum absolute atomic E-state index is 5.48. The van der Waals surface area contributed by atoms with E-state index in [0.717, 1.165) is 24.2 Å². The van der Waals surface area contributed by atoms with E-state index < -0.39 is 0 Å². The standard InChI is InChI=1S/C11H13BrN2O/c12-8-1-2-9-10(3-8)14-11-6-15-5-7(11)4-13-9/h1-3,7,11,13-14H,4-6H2. The van der Waals surface area contributed by atoms with Gasteiger partial charge in [0.05, 0.1) is 30.6 Å². The third-order valence-corrected chi connectivity index (χ3v) is 3.57. The van der Waals surface area contributed by atoms with Crippen molar-refractivity contribution in [1.29, 1.82) is 0 Å². The first-order valence-electron chi connectivity index (χ1n) is 5.20. The van der Waals surface area contributed by atoms with E-state index in [2.05, 4.69) is 44.8 Å². The van der Waals surface area contributed by atoms with Crippen LogP contribution in [0.2, 0.25) is 0 Å². The number of ether oxygens (including phenoxy) is 1. The Bertz CT molecular complexity index is 383. The lowest BCUT2D eigenvalue weighted by atomic mass is 10.0. The van der Waals surface area contributed by atoms with Crippen molar-refractivity contribution in [3.05, 3.63) is 22.7 Å². The maximum atomic E-state index is 5.48. The zero-order chi connectivity index (χ0) is 10.3. The molecule has 15 heavy (non-hydrogen) atoms. The topological polar surface area (TPSA) is 33.3 Å². The Morgan fingerprint density at radius 1 is 1.27 bits per heavy atom. The first-order chi connectivity index (χ1) is 7.33. The Labute approximate surface area is 97.3 Å². The van der Waals surface area contributed by atoms with Crippen LogP contribution in [0.1, 0.15) is 0 Å². The Hall–Kier alpha value is -0.740. The van der Waals surface area contributed by atoms with E-state index in [0.29, 0.717) is 12.0 Å². The summed E-state index contributed by atoms with van der Waals surface area (Å²) < 4.78 is 6.58. The van der Waals surface area contributed by atoms with Gasteiger partial charge < -0.3 is 15.4 Å². The molecular formula is C11H13BrN2O. The third-order valence-electron chi connectivity index (χ3n) is 3.08. The van der Waals surface area contributed by atoms with Crippen molar-refractivity contribution in [2.45, 2.75) is 6.04 Å². The maximum Gasteiger partial charge on any atom is 0.0672 e. The molecule has 1 saturated heterocycles. The molecular weight excluding hydrogens is 256 g/mol. The van der Waals surface area contributed by atoms with Gasteiger partial charge >= 0.3 is 0 Å². The van der Waals surface area contributed by atoms with Gasteiger partial charge in [0.2, 0.25) is 0 Å². The molecule has 1 aromatic carbocycles. The minimum atomic E-state index is 0.452. The van der Waals surface area contributed by atoms with Crippen molar-refractivity contribution in [2.24, 2.45) is 5.92 Å². The molecule has 1 fully saturated rings. The van der Waals surface area contributed by atoms with Crippen molar-refractivity contribution in [1.82, 2.24) is 0 Å². The van der Waals surface area contributed by atoms with Crippen molar-refractivity contribution >= 4 is 27.3 Å². The molecule has 0 aliphatic carbocycles. The minimum absolute atomic E-state index is 0.452. The van der Waals surface area contributed by atoms with Crippen LogP contribution in [0.3, 0.4) is 0 Å². The fourth-order valence-electron chi connectivity index (χ4n) is 2.19. The first-order valence-corrected chi connectivity index (χ1v) is 6.00. The van der Waals surface area contributed by atoms with Crippen LogP contribution in [0, 0.1) is 5.92 Å². The average molecular weight is 269 g/mol. The number of hydrogen-bond donors (Lipinski definition) is 2. The summed E-state index contributed by atoms with van der Waals surface area (Å²) in [5, 5.41) is 7.01. The molecule has 1 aromatic rings. The van der Waals surface area contributed by atoms with Crippen molar-refractivity contribution in [3.8, 4) is 0 Å². The number of hydrogen-bond acceptors (Lipinski definition) is 3. The molecule has 2 atom stereocenters. The van der Waals surface area contributed by atoms with E-state index in [4.69, 9.17) is 4.74 Å². The van der Waals surface area contributed by atoms with Gasteiger partial charge in [-0.3, -0.25) is 0 Å². The molecule has 0 spiro atoms. The SMILES string of the molecule is Brc1ccc2c(c1)NC1COCC1CN2. The number of nitrogens with one attached hydrogen (secondary N) is 2. The molecule has 2 N–H and O–H groups in total. The molecule has 4 heteroatoms. The van der Waals surface area contributed by atoms with Crippen molar-refractivity contribution in [2.75, 3.05) is 30.4 Å². The summed E-state index contributed by atoms with van der Waals surface area (Å²) in [6.45, 7) is 2.67. The molecule has 2 heterocycles. The molecule has 0 saturated carbocycles. The average Bonchev–Trinajstić information content (AvgIpc) is 2.58. The molecule has 0 amide bonds. The molecule has 0 bridgehead atoms. The lowest BCUT2D eigenvalue weighted by Gasteiger charge is -2.15. The van der Waals surface area contributed by atoms with E-state index in [-0.39, 0.29) is 0 Å². The highest BCUT2D eigenvalue weighted by Crippen LogP contribution is 2.31. The summed E-state index contributed by atoms with van der Waals surface area (Å²) in [4.78, 5) is 0. The second kappa shape index (κ2) is 3.68. The van der Waals surface area contributed by atoms with Crippen LogP contribution < -0.4 is 10.6 Å². The summed E-state index contributed by atoms with van der Waals surface area (Å²) >= 11 is 3.49. The summed E-state index contributed by atoms with van der Waals surface area (Å²) in [5.41, 5.74) is 2.36. The highest BCUT2D eigenvalue weighted by atomic mass is 79.9. The summed E-state index contributed by atoms with van der Waals surface area (Å²) in [5.74, 6) is 0.580. The molecule has 0 radical (unpaired) electrons. The van der Waals surface area contributed by atoms with E-state index in [1.165, 1.54) is 11.4 Å². The minimum Gasteiger partial charge on any atom is -0.383 e. The summed E-state index contributed by atoms with van der Waals surface area (Å²) in [7, 11) is 0. The molecule has 2 aliphatic rings. The highest BCUT2D eigenvalue weighted by Gasteiger charge is 2.30. The van der Waals surface area contributed by atoms with Crippen LogP contribution >= 0.6 is 15.9 Å². The number of halogens is 1.